The molecule has 0 amide bonds. The Morgan fingerprint density at radius 1 is 1.15 bits per heavy atom. The summed E-state index contributed by atoms with van der Waals surface area (Å²) < 4.78 is 41.2. The third-order valence-corrected chi connectivity index (χ3v) is 3.68. The molecule has 0 aromatic heterocycles. The zero-order chi connectivity index (χ0) is 14.4. The molecule has 20 heavy (non-hydrogen) atoms. The number of ether oxygens (including phenoxy) is 1. The van der Waals surface area contributed by atoms with E-state index in [-0.39, 0.29) is 17.5 Å². The van der Waals surface area contributed by atoms with E-state index in [9.17, 15) is 13.2 Å². The van der Waals surface area contributed by atoms with Gasteiger partial charge in [0.2, 0.25) is 0 Å². The summed E-state index contributed by atoms with van der Waals surface area (Å²) in [5.74, 6) is 0.00865. The fraction of sp³-hybridized carbons (Fsp3) is 0.538. The number of nitrogens with one attached hydrogen (secondary N) is 1. The van der Waals surface area contributed by atoms with Crippen molar-refractivity contribution in [2.45, 2.75) is 5.51 Å². The van der Waals surface area contributed by atoms with Crippen LogP contribution in [0.1, 0.15) is 0 Å². The van der Waals surface area contributed by atoms with Crippen molar-refractivity contribution in [2.75, 3.05) is 48.8 Å². The van der Waals surface area contributed by atoms with Gasteiger partial charge in [-0.1, -0.05) is 0 Å². The Kier molecular flexibility index (Phi) is 5.42. The summed E-state index contributed by atoms with van der Waals surface area (Å²) in [6.45, 7) is 3.49. The van der Waals surface area contributed by atoms with Gasteiger partial charge in [-0.05, 0) is 36.0 Å². The highest BCUT2D eigenvalue weighted by Crippen LogP contribution is 2.29. The summed E-state index contributed by atoms with van der Waals surface area (Å²) in [4.78, 5) is 2.23. The molecule has 2 rings (SSSR count). The van der Waals surface area contributed by atoms with Gasteiger partial charge in [0.05, 0.1) is 13.2 Å². The normalized spacial score (nSPS) is 16.2. The molecule has 1 aromatic carbocycles. The van der Waals surface area contributed by atoms with Gasteiger partial charge in [0, 0.05) is 36.8 Å². The van der Waals surface area contributed by atoms with E-state index in [1.807, 2.05) is 24.3 Å². The average molecular weight is 306 g/mol. The Morgan fingerprint density at radius 3 is 2.40 bits per heavy atom. The molecule has 0 aliphatic carbocycles. The lowest BCUT2D eigenvalue weighted by molar-refractivity contribution is -0.0327. The van der Waals surface area contributed by atoms with Crippen LogP contribution in [-0.2, 0) is 4.74 Å². The van der Waals surface area contributed by atoms with Crippen LogP contribution in [0.15, 0.2) is 24.3 Å². The van der Waals surface area contributed by atoms with Crippen LogP contribution in [0.3, 0.4) is 0 Å². The molecule has 1 aromatic rings. The van der Waals surface area contributed by atoms with E-state index in [4.69, 9.17) is 4.74 Å². The molecule has 7 heteroatoms. The van der Waals surface area contributed by atoms with E-state index < -0.39 is 5.51 Å². The number of benzene rings is 1. The van der Waals surface area contributed by atoms with Crippen molar-refractivity contribution in [3.8, 4) is 0 Å². The third-order valence-electron chi connectivity index (χ3n) is 2.94. The van der Waals surface area contributed by atoms with Crippen molar-refractivity contribution in [3.05, 3.63) is 24.3 Å². The molecule has 1 N–H and O–H groups in total. The molecule has 1 fully saturated rings. The van der Waals surface area contributed by atoms with Gasteiger partial charge in [-0.15, -0.1) is 0 Å². The van der Waals surface area contributed by atoms with Crippen LogP contribution in [0.2, 0.25) is 0 Å². The number of morpholine rings is 1. The van der Waals surface area contributed by atoms with Crippen LogP contribution in [0, 0.1) is 0 Å². The zero-order valence-electron chi connectivity index (χ0n) is 10.9. The van der Waals surface area contributed by atoms with Crippen LogP contribution < -0.4 is 10.2 Å². The molecule has 1 heterocycles. The number of alkyl halides is 3. The lowest BCUT2D eigenvalue weighted by Crippen LogP contribution is -2.36. The van der Waals surface area contributed by atoms with Gasteiger partial charge in [-0.2, -0.15) is 13.2 Å². The second-order valence-corrected chi connectivity index (χ2v) is 5.53. The van der Waals surface area contributed by atoms with Crippen LogP contribution in [-0.4, -0.2) is 44.1 Å². The van der Waals surface area contributed by atoms with E-state index >= 15 is 0 Å². The molecule has 0 radical (unpaired) electrons. The second-order valence-electron chi connectivity index (χ2n) is 4.37. The minimum absolute atomic E-state index is 0.00593. The first-order chi connectivity index (χ1) is 9.54. The van der Waals surface area contributed by atoms with Gasteiger partial charge in [-0.25, -0.2) is 0 Å². The molecule has 1 saturated heterocycles. The van der Waals surface area contributed by atoms with Crippen LogP contribution in [0.25, 0.3) is 0 Å². The monoisotopic (exact) mass is 306 g/mol. The molecule has 0 saturated carbocycles. The molecule has 0 unspecified atom stereocenters. The van der Waals surface area contributed by atoms with Gasteiger partial charge >= 0.3 is 5.51 Å². The van der Waals surface area contributed by atoms with E-state index in [1.54, 1.807) is 0 Å². The van der Waals surface area contributed by atoms with Crippen molar-refractivity contribution in [1.29, 1.82) is 0 Å². The maximum absolute atomic E-state index is 12.0. The standard InChI is InChI=1S/C13H17F3N2OS/c14-13(15,16)20-10-5-17-11-1-3-12(4-2-11)18-6-8-19-9-7-18/h1-4,17H,5-10H2. The number of nitrogens with zero attached hydrogens (tertiary/aromatic N) is 1. The van der Waals surface area contributed by atoms with Gasteiger partial charge in [-0.3, -0.25) is 0 Å². The predicted molar refractivity (Wildman–Crippen MR) is 76.5 cm³/mol. The van der Waals surface area contributed by atoms with E-state index in [2.05, 4.69) is 10.2 Å². The Balaban J connectivity index is 1.76. The number of thioether (sulfide) groups is 1. The van der Waals surface area contributed by atoms with Crippen LogP contribution >= 0.6 is 11.8 Å². The molecular weight excluding hydrogens is 289 g/mol. The first-order valence-corrected chi connectivity index (χ1v) is 7.40. The molecule has 0 bridgehead atoms. The smallest absolute Gasteiger partial charge is 0.384 e. The number of anilines is 2. The van der Waals surface area contributed by atoms with Crippen molar-refractivity contribution < 1.29 is 17.9 Å². The highest BCUT2D eigenvalue weighted by molar-refractivity contribution is 8.00. The Labute approximate surface area is 120 Å². The summed E-state index contributed by atoms with van der Waals surface area (Å²) >= 11 is -0.00593. The Hall–Kier alpha value is -1.08. The van der Waals surface area contributed by atoms with Gasteiger partial charge in [0.1, 0.15) is 0 Å². The maximum Gasteiger partial charge on any atom is 0.441 e. The zero-order valence-corrected chi connectivity index (χ0v) is 11.8. The summed E-state index contributed by atoms with van der Waals surface area (Å²) in [5.41, 5.74) is -2.20. The first kappa shape index (κ1) is 15.3. The molecular formula is C13H17F3N2OS. The maximum atomic E-state index is 12.0. The van der Waals surface area contributed by atoms with Crippen molar-refractivity contribution in [1.82, 2.24) is 0 Å². The number of hydrogen-bond donors (Lipinski definition) is 1. The number of hydrogen-bond acceptors (Lipinski definition) is 4. The summed E-state index contributed by atoms with van der Waals surface area (Å²) in [5, 5.41) is 2.98. The second kappa shape index (κ2) is 7.08. The predicted octanol–water partition coefficient (Wildman–Crippen LogP) is 3.19. The van der Waals surface area contributed by atoms with Crippen molar-refractivity contribution in [2.24, 2.45) is 0 Å². The number of rotatable bonds is 5. The molecule has 3 nitrogen and oxygen atoms in total. The van der Waals surface area contributed by atoms with E-state index in [0.717, 1.165) is 37.7 Å². The molecule has 112 valence electrons. The SMILES string of the molecule is FC(F)(F)SCCNc1ccc(N2CCOCC2)cc1. The number of halogens is 3. The fourth-order valence-electron chi connectivity index (χ4n) is 1.97. The van der Waals surface area contributed by atoms with Gasteiger partial charge < -0.3 is 15.0 Å². The van der Waals surface area contributed by atoms with Crippen molar-refractivity contribution in [3.63, 3.8) is 0 Å². The minimum Gasteiger partial charge on any atom is -0.384 e. The fourth-order valence-corrected chi connectivity index (χ4v) is 2.41. The Morgan fingerprint density at radius 2 is 1.80 bits per heavy atom. The Bertz CT molecular complexity index is 405. The minimum atomic E-state index is -4.15. The largest absolute Gasteiger partial charge is 0.441 e. The van der Waals surface area contributed by atoms with Crippen molar-refractivity contribution >= 4 is 23.1 Å². The molecule has 1 aliphatic heterocycles. The van der Waals surface area contributed by atoms with Gasteiger partial charge in [0.25, 0.3) is 0 Å². The molecule has 0 spiro atoms. The third kappa shape index (κ3) is 5.13. The highest BCUT2D eigenvalue weighted by Gasteiger charge is 2.27. The van der Waals surface area contributed by atoms with Crippen LogP contribution in [0.5, 0.6) is 0 Å². The highest BCUT2D eigenvalue weighted by atomic mass is 32.2. The molecule has 1 aliphatic rings. The lowest BCUT2D eigenvalue weighted by Gasteiger charge is -2.28. The van der Waals surface area contributed by atoms with Crippen LogP contribution in [0.4, 0.5) is 24.5 Å². The van der Waals surface area contributed by atoms with Gasteiger partial charge in [0.15, 0.2) is 0 Å². The van der Waals surface area contributed by atoms with E-state index in [0.29, 0.717) is 6.54 Å². The summed E-state index contributed by atoms with van der Waals surface area (Å²) in [7, 11) is 0. The van der Waals surface area contributed by atoms with E-state index in [1.165, 1.54) is 0 Å². The summed E-state index contributed by atoms with van der Waals surface area (Å²) in [6.07, 6.45) is 0. The average Bonchev–Trinajstić information content (AvgIpc) is 2.44. The topological polar surface area (TPSA) is 24.5 Å². The molecule has 0 atom stereocenters. The summed E-state index contributed by atoms with van der Waals surface area (Å²) in [6, 6.07) is 7.74. The first-order valence-electron chi connectivity index (χ1n) is 6.42. The quantitative estimate of drug-likeness (QED) is 0.845. The lowest BCUT2D eigenvalue weighted by atomic mass is 10.2.